The van der Waals surface area contributed by atoms with Crippen LogP contribution in [0.3, 0.4) is 0 Å². The Morgan fingerprint density at radius 2 is 2.08 bits per heavy atom. The molecule has 0 saturated heterocycles. The minimum atomic E-state index is -0.896. The highest BCUT2D eigenvalue weighted by atomic mass is 32.1. The Balaban J connectivity index is 1.81. The smallest absolute Gasteiger partial charge is 0.159 e. The number of benzene rings is 1. The summed E-state index contributed by atoms with van der Waals surface area (Å²) in [5.41, 5.74) is 1.69. The van der Waals surface area contributed by atoms with E-state index in [1.54, 1.807) is 29.9 Å². The number of nitrogens with one attached hydrogen (secondary N) is 1. The molecule has 0 radical (unpaired) electrons. The number of hydrogen-bond donors (Lipinski definition) is 1. The molecule has 1 N–H and O–H groups in total. The second kappa shape index (κ2) is 6.01. The predicted octanol–water partition coefficient (Wildman–Crippen LogP) is 4.35. The number of aromatic nitrogens is 3. The molecule has 4 nitrogen and oxygen atoms in total. The molecule has 0 aliphatic carbocycles. The SMILES string of the molecule is Fc1ccc(-c2nc3cnccn3c2NCc2cccs2)cc1F. The quantitative estimate of drug-likeness (QED) is 0.600. The van der Waals surface area contributed by atoms with Crippen LogP contribution in [0.5, 0.6) is 0 Å². The van der Waals surface area contributed by atoms with Crippen LogP contribution in [0.4, 0.5) is 14.6 Å². The van der Waals surface area contributed by atoms with Crippen molar-refractivity contribution in [3.63, 3.8) is 0 Å². The predicted molar refractivity (Wildman–Crippen MR) is 90.0 cm³/mol. The number of rotatable bonds is 4. The summed E-state index contributed by atoms with van der Waals surface area (Å²) < 4.78 is 28.7. The zero-order valence-corrected chi connectivity index (χ0v) is 13.2. The van der Waals surface area contributed by atoms with Gasteiger partial charge in [0.05, 0.1) is 12.7 Å². The van der Waals surface area contributed by atoms with Crippen LogP contribution in [0.1, 0.15) is 4.88 Å². The van der Waals surface area contributed by atoms with Crippen LogP contribution in [0.2, 0.25) is 0 Å². The highest BCUT2D eigenvalue weighted by Crippen LogP contribution is 2.30. The Morgan fingerprint density at radius 3 is 2.88 bits per heavy atom. The summed E-state index contributed by atoms with van der Waals surface area (Å²) in [6.07, 6.45) is 5.06. The van der Waals surface area contributed by atoms with Crippen molar-refractivity contribution in [3.05, 3.63) is 70.8 Å². The Hall–Kier alpha value is -2.80. The maximum absolute atomic E-state index is 13.6. The first-order chi connectivity index (χ1) is 11.7. The summed E-state index contributed by atoms with van der Waals surface area (Å²) in [7, 11) is 0. The molecule has 3 aromatic heterocycles. The van der Waals surface area contributed by atoms with Crippen molar-refractivity contribution < 1.29 is 8.78 Å². The molecule has 24 heavy (non-hydrogen) atoms. The van der Waals surface area contributed by atoms with Crippen LogP contribution in [0.15, 0.2) is 54.3 Å². The van der Waals surface area contributed by atoms with Gasteiger partial charge in [-0.2, -0.15) is 0 Å². The Labute approximate surface area is 140 Å². The molecular formula is C17H12F2N4S. The van der Waals surface area contributed by atoms with Crippen molar-refractivity contribution >= 4 is 22.8 Å². The van der Waals surface area contributed by atoms with E-state index in [-0.39, 0.29) is 0 Å². The van der Waals surface area contributed by atoms with Crippen molar-refractivity contribution in [3.8, 4) is 11.3 Å². The van der Waals surface area contributed by atoms with Crippen LogP contribution in [0.25, 0.3) is 16.9 Å². The first-order valence-corrected chi connectivity index (χ1v) is 8.14. The van der Waals surface area contributed by atoms with E-state index in [9.17, 15) is 8.78 Å². The molecule has 0 fully saturated rings. The van der Waals surface area contributed by atoms with Gasteiger partial charge in [0.1, 0.15) is 11.5 Å². The van der Waals surface area contributed by atoms with E-state index >= 15 is 0 Å². The van der Waals surface area contributed by atoms with Crippen molar-refractivity contribution in [1.29, 1.82) is 0 Å². The summed E-state index contributed by atoms with van der Waals surface area (Å²) in [6.45, 7) is 0.616. The second-order valence-electron chi connectivity index (χ2n) is 5.18. The van der Waals surface area contributed by atoms with E-state index in [4.69, 9.17) is 0 Å². The number of nitrogens with zero attached hydrogens (tertiary/aromatic N) is 3. The van der Waals surface area contributed by atoms with Gasteiger partial charge in [-0.05, 0) is 29.6 Å². The molecule has 0 aliphatic rings. The highest BCUT2D eigenvalue weighted by molar-refractivity contribution is 7.09. The van der Waals surface area contributed by atoms with E-state index in [1.807, 2.05) is 21.9 Å². The van der Waals surface area contributed by atoms with Gasteiger partial charge in [0.2, 0.25) is 0 Å². The highest BCUT2D eigenvalue weighted by Gasteiger charge is 2.15. The summed E-state index contributed by atoms with van der Waals surface area (Å²) in [6, 6.07) is 7.79. The van der Waals surface area contributed by atoms with Crippen molar-refractivity contribution in [1.82, 2.24) is 14.4 Å². The van der Waals surface area contributed by atoms with Crippen molar-refractivity contribution in [2.24, 2.45) is 0 Å². The standard InChI is InChI=1S/C17H12F2N4S/c18-13-4-3-11(8-14(13)19)16-17(21-9-12-2-1-7-24-12)23-6-5-20-10-15(23)22-16/h1-8,10,21H,9H2. The third-order valence-electron chi connectivity index (χ3n) is 3.63. The fourth-order valence-electron chi connectivity index (χ4n) is 2.50. The molecule has 3 heterocycles. The summed E-state index contributed by atoms with van der Waals surface area (Å²) >= 11 is 1.64. The Kier molecular flexibility index (Phi) is 3.70. The summed E-state index contributed by atoms with van der Waals surface area (Å²) in [5.74, 6) is -1.06. The average molecular weight is 342 g/mol. The minimum Gasteiger partial charge on any atom is -0.364 e. The van der Waals surface area contributed by atoms with Gasteiger partial charge >= 0.3 is 0 Å². The second-order valence-corrected chi connectivity index (χ2v) is 6.21. The van der Waals surface area contributed by atoms with Crippen LogP contribution in [-0.2, 0) is 6.54 Å². The average Bonchev–Trinajstić information content (AvgIpc) is 3.23. The largest absolute Gasteiger partial charge is 0.364 e. The fraction of sp³-hybridized carbons (Fsp3) is 0.0588. The van der Waals surface area contributed by atoms with E-state index in [0.29, 0.717) is 29.3 Å². The van der Waals surface area contributed by atoms with Gasteiger partial charge in [0, 0.05) is 22.8 Å². The molecule has 0 bridgehead atoms. The van der Waals surface area contributed by atoms with Gasteiger partial charge < -0.3 is 5.32 Å². The number of anilines is 1. The van der Waals surface area contributed by atoms with E-state index in [0.717, 1.165) is 17.0 Å². The maximum Gasteiger partial charge on any atom is 0.159 e. The lowest BCUT2D eigenvalue weighted by molar-refractivity contribution is 0.509. The van der Waals surface area contributed by atoms with Crippen LogP contribution >= 0.6 is 11.3 Å². The third kappa shape index (κ3) is 2.63. The van der Waals surface area contributed by atoms with Gasteiger partial charge in [0.25, 0.3) is 0 Å². The monoisotopic (exact) mass is 342 g/mol. The molecule has 1 aromatic carbocycles. The maximum atomic E-state index is 13.6. The van der Waals surface area contributed by atoms with Crippen LogP contribution in [-0.4, -0.2) is 14.4 Å². The molecule has 4 rings (SSSR count). The number of imidazole rings is 1. The fourth-order valence-corrected chi connectivity index (χ4v) is 3.15. The number of halogens is 2. The normalized spacial score (nSPS) is 11.1. The van der Waals surface area contributed by atoms with Crippen molar-refractivity contribution in [2.45, 2.75) is 6.54 Å². The van der Waals surface area contributed by atoms with E-state index in [2.05, 4.69) is 15.3 Å². The van der Waals surface area contributed by atoms with Gasteiger partial charge in [-0.1, -0.05) is 6.07 Å². The number of hydrogen-bond acceptors (Lipinski definition) is 4. The lowest BCUT2D eigenvalue weighted by Gasteiger charge is -2.08. The Morgan fingerprint density at radius 1 is 1.17 bits per heavy atom. The molecule has 0 atom stereocenters. The first kappa shape index (κ1) is 14.8. The topological polar surface area (TPSA) is 42.2 Å². The molecule has 0 spiro atoms. The van der Waals surface area contributed by atoms with Gasteiger partial charge in [-0.3, -0.25) is 9.38 Å². The zero-order valence-electron chi connectivity index (χ0n) is 12.4. The summed E-state index contributed by atoms with van der Waals surface area (Å²) in [5, 5.41) is 5.34. The van der Waals surface area contributed by atoms with Gasteiger partial charge in [0.15, 0.2) is 17.3 Å². The molecule has 7 heteroatoms. The molecule has 0 saturated carbocycles. The lowest BCUT2D eigenvalue weighted by atomic mass is 10.1. The van der Waals surface area contributed by atoms with Crippen LogP contribution in [0, 0.1) is 11.6 Å². The minimum absolute atomic E-state index is 0.506. The number of fused-ring (bicyclic) bond motifs is 1. The number of thiophene rings is 1. The molecule has 0 unspecified atom stereocenters. The van der Waals surface area contributed by atoms with Gasteiger partial charge in [-0.15, -0.1) is 11.3 Å². The molecule has 0 aliphatic heterocycles. The van der Waals surface area contributed by atoms with Gasteiger partial charge in [-0.25, -0.2) is 13.8 Å². The summed E-state index contributed by atoms with van der Waals surface area (Å²) in [4.78, 5) is 9.73. The first-order valence-electron chi connectivity index (χ1n) is 7.26. The molecule has 0 amide bonds. The van der Waals surface area contributed by atoms with E-state index < -0.39 is 11.6 Å². The lowest BCUT2D eigenvalue weighted by Crippen LogP contribution is -2.02. The molecule has 120 valence electrons. The third-order valence-corrected chi connectivity index (χ3v) is 4.51. The van der Waals surface area contributed by atoms with Crippen molar-refractivity contribution in [2.75, 3.05) is 5.32 Å². The molecule has 4 aromatic rings. The van der Waals surface area contributed by atoms with E-state index in [1.165, 1.54) is 6.07 Å². The van der Waals surface area contributed by atoms with Crippen LogP contribution < -0.4 is 5.32 Å². The molecular weight excluding hydrogens is 330 g/mol. The Bertz CT molecular complexity index is 995. The zero-order chi connectivity index (χ0) is 16.5.